The Morgan fingerprint density at radius 3 is 2.50 bits per heavy atom. The molecule has 0 atom stereocenters. The first-order chi connectivity index (χ1) is 7.49. The fraction of sp³-hybridized carbons (Fsp3) is 0.444. The molecule has 2 N–H and O–H groups in total. The van der Waals surface area contributed by atoms with Gasteiger partial charge in [0, 0.05) is 0 Å². The summed E-state index contributed by atoms with van der Waals surface area (Å²) in [6.07, 6.45) is 4.10. The van der Waals surface area contributed by atoms with E-state index in [4.69, 9.17) is 11.5 Å². The zero-order valence-corrected chi connectivity index (χ0v) is 8.73. The molecule has 0 aliphatic heterocycles. The Hall–Kier alpha value is -2.07. The van der Waals surface area contributed by atoms with E-state index in [1.807, 2.05) is 5.32 Å². The zero-order chi connectivity index (χ0) is 12.6. The van der Waals surface area contributed by atoms with Crippen molar-refractivity contribution in [2.24, 2.45) is 0 Å². The molecule has 88 valence electrons. The number of amides is 2. The number of hydrogen-bond acceptors (Lipinski definition) is 5. The van der Waals surface area contributed by atoms with Crippen LogP contribution in [0.15, 0.2) is 0 Å². The largest absolute Gasteiger partial charge is 0.480 e. The molecule has 7 heteroatoms. The van der Waals surface area contributed by atoms with E-state index in [-0.39, 0.29) is 19.6 Å². The summed E-state index contributed by atoms with van der Waals surface area (Å²) in [6.45, 7) is -0.661. The first-order valence-corrected chi connectivity index (χ1v) is 4.25. The van der Waals surface area contributed by atoms with Gasteiger partial charge in [-0.25, -0.2) is 4.79 Å². The highest BCUT2D eigenvalue weighted by Crippen LogP contribution is 1.87. The number of carboxylic acid groups (broad SMARTS) is 1. The fourth-order valence-electron chi connectivity index (χ4n) is 0.896. The number of alkyl carbamates (subject to hydrolysis) is 1. The summed E-state index contributed by atoms with van der Waals surface area (Å²) in [7, 11) is 1.11. The normalized spacial score (nSPS) is 9.31. The summed E-state index contributed by atoms with van der Waals surface area (Å²) >= 11 is 0. The van der Waals surface area contributed by atoms with Gasteiger partial charge in [0.2, 0.25) is 5.91 Å². The van der Waals surface area contributed by atoms with Crippen LogP contribution in [0.4, 0.5) is 4.79 Å². The average molecular weight is 228 g/mol. The molecule has 0 bridgehead atoms. The van der Waals surface area contributed by atoms with Crippen molar-refractivity contribution in [1.29, 1.82) is 0 Å². The minimum Gasteiger partial charge on any atom is -0.480 e. The fourth-order valence-corrected chi connectivity index (χ4v) is 0.896. The van der Waals surface area contributed by atoms with Crippen molar-refractivity contribution >= 4 is 18.0 Å². The molecule has 0 aromatic heterocycles. The summed E-state index contributed by atoms with van der Waals surface area (Å²) in [5, 5.41) is 10.4. The Kier molecular flexibility index (Phi) is 6.31. The number of methoxy groups -OCH3 is 1. The highest BCUT2D eigenvalue weighted by molar-refractivity contribution is 5.92. The minimum absolute atomic E-state index is 0.000886. The number of imide groups is 1. The first-order valence-electron chi connectivity index (χ1n) is 4.25. The first kappa shape index (κ1) is 13.9. The Balaban J connectivity index is 4.18. The predicted molar refractivity (Wildman–Crippen MR) is 53.5 cm³/mol. The van der Waals surface area contributed by atoms with Crippen LogP contribution < -0.4 is 5.32 Å². The van der Waals surface area contributed by atoms with Crippen molar-refractivity contribution in [2.45, 2.75) is 0 Å². The molecule has 0 saturated carbocycles. The number of carbonyl (C=O) groups excluding carboxylic acids is 2. The maximum atomic E-state index is 11.2. The smallest absolute Gasteiger partial charge is 0.413 e. The van der Waals surface area contributed by atoms with Gasteiger partial charge in [-0.1, -0.05) is 5.92 Å². The molecule has 0 fully saturated rings. The topological polar surface area (TPSA) is 95.9 Å². The zero-order valence-electron chi connectivity index (χ0n) is 8.73. The molecule has 0 aromatic rings. The second kappa shape index (κ2) is 7.25. The summed E-state index contributed by atoms with van der Waals surface area (Å²) in [6, 6.07) is 0. The Morgan fingerprint density at radius 2 is 2.06 bits per heavy atom. The lowest BCUT2D eigenvalue weighted by molar-refractivity contribution is -0.138. The summed E-state index contributed by atoms with van der Waals surface area (Å²) < 4.78 is 4.20. The van der Waals surface area contributed by atoms with Gasteiger partial charge in [0.25, 0.3) is 0 Å². The van der Waals surface area contributed by atoms with Crippen LogP contribution in [-0.2, 0) is 14.3 Å². The van der Waals surface area contributed by atoms with Crippen LogP contribution in [0, 0.1) is 12.3 Å². The van der Waals surface area contributed by atoms with Crippen LogP contribution in [0.2, 0.25) is 0 Å². The van der Waals surface area contributed by atoms with E-state index in [2.05, 4.69) is 10.7 Å². The lowest BCUT2D eigenvalue weighted by atomic mass is 10.4. The van der Waals surface area contributed by atoms with E-state index in [0.29, 0.717) is 0 Å². The number of carbonyl (C=O) groups is 3. The van der Waals surface area contributed by atoms with Crippen LogP contribution in [0.25, 0.3) is 0 Å². The van der Waals surface area contributed by atoms with E-state index in [1.54, 1.807) is 0 Å². The third-order valence-corrected chi connectivity index (χ3v) is 1.47. The van der Waals surface area contributed by atoms with Gasteiger partial charge >= 0.3 is 12.1 Å². The molecule has 0 saturated heterocycles. The number of carboxylic acids is 1. The van der Waals surface area contributed by atoms with Gasteiger partial charge < -0.3 is 9.84 Å². The van der Waals surface area contributed by atoms with Crippen LogP contribution in [0.3, 0.4) is 0 Å². The van der Waals surface area contributed by atoms with Gasteiger partial charge in [0.15, 0.2) is 0 Å². The molecule has 0 aliphatic rings. The Morgan fingerprint density at radius 1 is 1.44 bits per heavy atom. The number of ether oxygens (including phenoxy) is 1. The van der Waals surface area contributed by atoms with Crippen molar-refractivity contribution in [2.75, 3.05) is 26.7 Å². The maximum Gasteiger partial charge on any atom is 0.413 e. The maximum absolute atomic E-state index is 11.2. The van der Waals surface area contributed by atoms with Crippen molar-refractivity contribution in [3.05, 3.63) is 0 Å². The number of nitrogens with one attached hydrogen (secondary N) is 1. The number of hydrogen-bond donors (Lipinski definition) is 2. The second-order valence-electron chi connectivity index (χ2n) is 2.78. The van der Waals surface area contributed by atoms with Crippen LogP contribution >= 0.6 is 0 Å². The summed E-state index contributed by atoms with van der Waals surface area (Å²) in [5.74, 6) is 0.425. The molecule has 0 spiro atoms. The van der Waals surface area contributed by atoms with Crippen molar-refractivity contribution in [3.8, 4) is 12.3 Å². The van der Waals surface area contributed by atoms with Crippen molar-refractivity contribution < 1.29 is 24.2 Å². The van der Waals surface area contributed by atoms with E-state index >= 15 is 0 Å². The van der Waals surface area contributed by atoms with Crippen molar-refractivity contribution in [3.63, 3.8) is 0 Å². The molecule has 0 aromatic carbocycles. The molecule has 0 heterocycles. The minimum atomic E-state index is -1.11. The van der Waals surface area contributed by atoms with Gasteiger partial charge in [-0.15, -0.1) is 6.42 Å². The lowest BCUT2D eigenvalue weighted by Crippen LogP contribution is -2.42. The highest BCUT2D eigenvalue weighted by atomic mass is 16.5. The molecular weight excluding hydrogens is 216 g/mol. The predicted octanol–water partition coefficient (Wildman–Crippen LogP) is -1.11. The molecule has 0 rings (SSSR count). The van der Waals surface area contributed by atoms with Gasteiger partial charge in [-0.2, -0.15) is 0 Å². The molecule has 0 radical (unpaired) electrons. The summed E-state index contributed by atoms with van der Waals surface area (Å²) in [4.78, 5) is 33.4. The SMILES string of the molecule is C#CCN(CC(=O)O)CC(=O)NC(=O)OC. The average Bonchev–Trinajstić information content (AvgIpc) is 2.16. The number of aliphatic carboxylic acids is 1. The third kappa shape index (κ3) is 6.39. The van der Waals surface area contributed by atoms with Crippen LogP contribution in [0.5, 0.6) is 0 Å². The molecule has 16 heavy (non-hydrogen) atoms. The van der Waals surface area contributed by atoms with E-state index in [1.165, 1.54) is 4.90 Å². The quantitative estimate of drug-likeness (QED) is 0.579. The molecular formula is C9H12N2O5. The summed E-state index contributed by atoms with van der Waals surface area (Å²) in [5.41, 5.74) is 0. The molecule has 2 amide bonds. The third-order valence-electron chi connectivity index (χ3n) is 1.47. The van der Waals surface area contributed by atoms with Gasteiger partial charge in [0.05, 0.1) is 26.7 Å². The van der Waals surface area contributed by atoms with E-state index < -0.39 is 18.0 Å². The van der Waals surface area contributed by atoms with Gasteiger partial charge in [-0.05, 0) is 0 Å². The van der Waals surface area contributed by atoms with Crippen LogP contribution in [-0.4, -0.2) is 54.7 Å². The number of terminal acetylenes is 1. The number of nitrogens with zero attached hydrogens (tertiary/aromatic N) is 1. The second-order valence-corrected chi connectivity index (χ2v) is 2.78. The van der Waals surface area contributed by atoms with Crippen LogP contribution in [0.1, 0.15) is 0 Å². The van der Waals surface area contributed by atoms with Gasteiger partial charge in [-0.3, -0.25) is 19.8 Å². The van der Waals surface area contributed by atoms with E-state index in [0.717, 1.165) is 7.11 Å². The lowest BCUT2D eigenvalue weighted by Gasteiger charge is -2.15. The van der Waals surface area contributed by atoms with Crippen molar-refractivity contribution in [1.82, 2.24) is 10.2 Å². The van der Waals surface area contributed by atoms with Gasteiger partial charge in [0.1, 0.15) is 0 Å². The monoisotopic (exact) mass is 228 g/mol. The highest BCUT2D eigenvalue weighted by Gasteiger charge is 2.14. The Bertz CT molecular complexity index is 320. The molecule has 0 unspecified atom stereocenters. The Labute approximate surface area is 92.4 Å². The van der Waals surface area contributed by atoms with E-state index in [9.17, 15) is 14.4 Å². The molecule has 0 aliphatic carbocycles. The standard InChI is InChI=1S/C9H12N2O5/c1-3-4-11(6-8(13)14)5-7(12)10-9(15)16-2/h1H,4-6H2,2H3,(H,13,14)(H,10,12,15). The molecule has 7 nitrogen and oxygen atoms in total. The number of rotatable bonds is 5.